The van der Waals surface area contributed by atoms with Crippen molar-refractivity contribution in [2.24, 2.45) is 5.73 Å². The summed E-state index contributed by atoms with van der Waals surface area (Å²) in [5.41, 5.74) is 7.17. The molecule has 0 radical (unpaired) electrons. The van der Waals surface area contributed by atoms with Gasteiger partial charge >= 0.3 is 0 Å². The molecule has 0 saturated carbocycles. The van der Waals surface area contributed by atoms with Crippen LogP contribution in [0.4, 0.5) is 0 Å². The summed E-state index contributed by atoms with van der Waals surface area (Å²) in [5.74, 6) is 0.705. The highest BCUT2D eigenvalue weighted by Gasteiger charge is 2.22. The smallest absolute Gasteiger partial charge is 0.115 e. The fraction of sp³-hybridized carbons (Fsp3) is 0.455. The van der Waals surface area contributed by atoms with Gasteiger partial charge in [-0.1, -0.05) is 12.1 Å². The molecular weight excluding hydrogens is 176 g/mol. The van der Waals surface area contributed by atoms with Gasteiger partial charge in [-0.15, -0.1) is 0 Å². The Labute approximate surface area is 83.9 Å². The van der Waals surface area contributed by atoms with Gasteiger partial charge in [-0.25, -0.2) is 0 Å². The molecule has 3 nitrogen and oxygen atoms in total. The van der Waals surface area contributed by atoms with E-state index in [-0.39, 0.29) is 6.04 Å². The standard InChI is InChI=1S/C11H16N2O/c12-11-7-13-5-4-10(11)8-2-1-3-9(14)6-8/h1-3,6,10-11,13-14H,4-5,7,12H2. The number of hydrogen-bond acceptors (Lipinski definition) is 3. The van der Waals surface area contributed by atoms with Gasteiger partial charge in [-0.3, -0.25) is 0 Å². The molecule has 14 heavy (non-hydrogen) atoms. The second-order valence-electron chi connectivity index (χ2n) is 3.86. The van der Waals surface area contributed by atoms with Gasteiger partial charge < -0.3 is 16.2 Å². The predicted octanol–water partition coefficient (Wildman–Crippen LogP) is 0.796. The number of benzene rings is 1. The van der Waals surface area contributed by atoms with Crippen LogP contribution in [0, 0.1) is 0 Å². The zero-order valence-electron chi connectivity index (χ0n) is 8.11. The molecule has 1 aromatic carbocycles. The zero-order valence-corrected chi connectivity index (χ0v) is 8.11. The number of phenols is 1. The Morgan fingerprint density at radius 3 is 3.00 bits per heavy atom. The van der Waals surface area contributed by atoms with Crippen LogP contribution >= 0.6 is 0 Å². The number of rotatable bonds is 1. The summed E-state index contributed by atoms with van der Waals surface area (Å²) >= 11 is 0. The maximum absolute atomic E-state index is 9.37. The third-order valence-corrected chi connectivity index (χ3v) is 2.83. The lowest BCUT2D eigenvalue weighted by Crippen LogP contribution is -2.44. The molecule has 2 atom stereocenters. The number of piperidine rings is 1. The molecule has 4 N–H and O–H groups in total. The Hall–Kier alpha value is -1.06. The topological polar surface area (TPSA) is 58.3 Å². The Morgan fingerprint density at radius 2 is 2.29 bits per heavy atom. The van der Waals surface area contributed by atoms with Gasteiger partial charge in [0, 0.05) is 18.5 Å². The Balaban J connectivity index is 2.20. The van der Waals surface area contributed by atoms with Gasteiger partial charge in [0.2, 0.25) is 0 Å². The molecule has 1 aliphatic heterocycles. The summed E-state index contributed by atoms with van der Waals surface area (Å²) < 4.78 is 0. The Morgan fingerprint density at radius 1 is 1.43 bits per heavy atom. The maximum atomic E-state index is 9.37. The normalized spacial score (nSPS) is 27.5. The SMILES string of the molecule is NC1CNCCC1c1cccc(O)c1. The maximum Gasteiger partial charge on any atom is 0.115 e. The molecule has 0 amide bonds. The summed E-state index contributed by atoms with van der Waals surface area (Å²) in [5, 5.41) is 12.6. The van der Waals surface area contributed by atoms with E-state index in [0.717, 1.165) is 25.1 Å². The molecule has 2 unspecified atom stereocenters. The highest BCUT2D eigenvalue weighted by atomic mass is 16.3. The van der Waals surface area contributed by atoms with E-state index in [1.165, 1.54) is 0 Å². The average Bonchev–Trinajstić information content (AvgIpc) is 2.18. The number of nitrogens with two attached hydrogens (primary N) is 1. The molecule has 2 rings (SSSR count). The van der Waals surface area contributed by atoms with E-state index < -0.39 is 0 Å². The largest absolute Gasteiger partial charge is 0.508 e. The van der Waals surface area contributed by atoms with Crippen molar-refractivity contribution in [1.82, 2.24) is 5.32 Å². The number of aromatic hydroxyl groups is 1. The van der Waals surface area contributed by atoms with Gasteiger partial charge in [0.05, 0.1) is 0 Å². The van der Waals surface area contributed by atoms with Crippen molar-refractivity contribution in [2.75, 3.05) is 13.1 Å². The summed E-state index contributed by atoms with van der Waals surface area (Å²) in [7, 11) is 0. The molecule has 1 fully saturated rings. The summed E-state index contributed by atoms with van der Waals surface area (Å²) in [6, 6.07) is 7.58. The monoisotopic (exact) mass is 192 g/mol. The Bertz CT molecular complexity index is 314. The molecule has 1 saturated heterocycles. The third-order valence-electron chi connectivity index (χ3n) is 2.83. The zero-order chi connectivity index (χ0) is 9.97. The quantitative estimate of drug-likeness (QED) is 0.616. The summed E-state index contributed by atoms with van der Waals surface area (Å²) in [4.78, 5) is 0. The first-order valence-corrected chi connectivity index (χ1v) is 5.02. The van der Waals surface area contributed by atoms with Crippen molar-refractivity contribution < 1.29 is 5.11 Å². The van der Waals surface area contributed by atoms with E-state index in [1.807, 2.05) is 18.2 Å². The van der Waals surface area contributed by atoms with Crippen molar-refractivity contribution in [2.45, 2.75) is 18.4 Å². The van der Waals surface area contributed by atoms with E-state index in [4.69, 9.17) is 5.73 Å². The number of hydrogen-bond donors (Lipinski definition) is 3. The predicted molar refractivity (Wildman–Crippen MR) is 56.3 cm³/mol. The lowest BCUT2D eigenvalue weighted by Gasteiger charge is -2.29. The van der Waals surface area contributed by atoms with Gasteiger partial charge in [-0.05, 0) is 30.7 Å². The van der Waals surface area contributed by atoms with E-state index in [1.54, 1.807) is 6.07 Å². The highest BCUT2D eigenvalue weighted by molar-refractivity contribution is 5.31. The third kappa shape index (κ3) is 1.89. The first-order valence-electron chi connectivity index (χ1n) is 5.02. The second kappa shape index (κ2) is 3.98. The van der Waals surface area contributed by atoms with Gasteiger partial charge in [-0.2, -0.15) is 0 Å². The molecule has 76 valence electrons. The van der Waals surface area contributed by atoms with Crippen LogP contribution in [0.2, 0.25) is 0 Å². The lowest BCUT2D eigenvalue weighted by molar-refractivity contribution is 0.401. The van der Waals surface area contributed by atoms with Crippen molar-refractivity contribution in [3.63, 3.8) is 0 Å². The highest BCUT2D eigenvalue weighted by Crippen LogP contribution is 2.26. The molecule has 1 heterocycles. The lowest BCUT2D eigenvalue weighted by atomic mass is 9.86. The average molecular weight is 192 g/mol. The molecule has 3 heteroatoms. The second-order valence-corrected chi connectivity index (χ2v) is 3.86. The fourth-order valence-electron chi connectivity index (χ4n) is 2.05. The minimum atomic E-state index is 0.158. The minimum absolute atomic E-state index is 0.158. The van der Waals surface area contributed by atoms with Crippen molar-refractivity contribution in [3.8, 4) is 5.75 Å². The van der Waals surface area contributed by atoms with E-state index >= 15 is 0 Å². The van der Waals surface area contributed by atoms with Crippen LogP contribution in [-0.4, -0.2) is 24.2 Å². The van der Waals surface area contributed by atoms with Crippen LogP contribution in [0.25, 0.3) is 0 Å². The molecular formula is C11H16N2O. The number of phenolic OH excluding ortho intramolecular Hbond substituents is 1. The molecule has 0 aliphatic carbocycles. The van der Waals surface area contributed by atoms with Gasteiger partial charge in [0.1, 0.15) is 5.75 Å². The molecule has 0 bridgehead atoms. The first kappa shape index (κ1) is 9.49. The van der Waals surface area contributed by atoms with Crippen LogP contribution in [0.5, 0.6) is 5.75 Å². The van der Waals surface area contributed by atoms with Gasteiger partial charge in [0.15, 0.2) is 0 Å². The number of nitrogens with one attached hydrogen (secondary N) is 1. The summed E-state index contributed by atoms with van der Waals surface area (Å²) in [6.07, 6.45) is 1.05. The minimum Gasteiger partial charge on any atom is -0.508 e. The van der Waals surface area contributed by atoms with Crippen LogP contribution in [0.1, 0.15) is 17.9 Å². The first-order chi connectivity index (χ1) is 6.77. The van der Waals surface area contributed by atoms with Gasteiger partial charge in [0.25, 0.3) is 0 Å². The van der Waals surface area contributed by atoms with E-state index in [0.29, 0.717) is 11.7 Å². The van der Waals surface area contributed by atoms with Crippen LogP contribution < -0.4 is 11.1 Å². The molecule has 1 aromatic rings. The van der Waals surface area contributed by atoms with Crippen LogP contribution in [-0.2, 0) is 0 Å². The summed E-state index contributed by atoms with van der Waals surface area (Å²) in [6.45, 7) is 1.87. The molecule has 0 aromatic heterocycles. The Kier molecular flexibility index (Phi) is 2.70. The van der Waals surface area contributed by atoms with Crippen molar-refractivity contribution >= 4 is 0 Å². The van der Waals surface area contributed by atoms with Crippen molar-refractivity contribution in [3.05, 3.63) is 29.8 Å². The molecule has 0 spiro atoms. The van der Waals surface area contributed by atoms with Crippen LogP contribution in [0.15, 0.2) is 24.3 Å². The van der Waals surface area contributed by atoms with E-state index in [9.17, 15) is 5.11 Å². The van der Waals surface area contributed by atoms with Crippen molar-refractivity contribution in [1.29, 1.82) is 0 Å². The fourth-order valence-corrected chi connectivity index (χ4v) is 2.05. The van der Waals surface area contributed by atoms with E-state index in [2.05, 4.69) is 5.32 Å². The van der Waals surface area contributed by atoms with Crippen LogP contribution in [0.3, 0.4) is 0 Å². The molecule has 1 aliphatic rings.